The molecule has 6 nitrogen and oxygen atoms in total. The summed E-state index contributed by atoms with van der Waals surface area (Å²) in [5.41, 5.74) is 0. The molecule has 1 saturated heterocycles. The topological polar surface area (TPSA) is 89.9 Å². The first-order valence-corrected chi connectivity index (χ1v) is 6.92. The van der Waals surface area contributed by atoms with Crippen LogP contribution >= 0.6 is 0 Å². The number of nitrogens with one attached hydrogen (secondary N) is 1. The molecule has 2 amide bonds. The SMILES string of the molecule is CC1CCC(CNC(=O)N2C[C@H](O)C[C@H]2C(=O)O)C1. The molecule has 3 N–H and O–H groups in total. The van der Waals surface area contributed by atoms with Crippen LogP contribution in [0.25, 0.3) is 0 Å². The molecule has 0 aromatic rings. The summed E-state index contributed by atoms with van der Waals surface area (Å²) in [6.45, 7) is 2.91. The van der Waals surface area contributed by atoms with Crippen LogP contribution in [0.1, 0.15) is 32.6 Å². The van der Waals surface area contributed by atoms with Crippen LogP contribution in [0, 0.1) is 11.8 Å². The molecule has 108 valence electrons. The second-order valence-corrected chi connectivity index (χ2v) is 5.87. The number of β-amino-alcohol motifs (C(OH)–C–C–N with tert-alkyl or cyclic N) is 1. The van der Waals surface area contributed by atoms with Gasteiger partial charge in [0.2, 0.25) is 0 Å². The lowest BCUT2D eigenvalue weighted by Crippen LogP contribution is -2.47. The number of aliphatic hydroxyl groups is 1. The highest BCUT2D eigenvalue weighted by atomic mass is 16.4. The molecular weight excluding hydrogens is 248 g/mol. The Bertz CT molecular complexity index is 361. The van der Waals surface area contributed by atoms with E-state index >= 15 is 0 Å². The molecule has 1 aliphatic heterocycles. The zero-order chi connectivity index (χ0) is 14.0. The van der Waals surface area contributed by atoms with Gasteiger partial charge in [0.25, 0.3) is 0 Å². The van der Waals surface area contributed by atoms with Crippen LogP contribution in [0.3, 0.4) is 0 Å². The molecule has 6 heteroatoms. The number of carboxylic acids is 1. The summed E-state index contributed by atoms with van der Waals surface area (Å²) in [6.07, 6.45) is 2.81. The van der Waals surface area contributed by atoms with Gasteiger partial charge in [0.05, 0.1) is 6.10 Å². The van der Waals surface area contributed by atoms with Crippen LogP contribution in [-0.4, -0.2) is 52.3 Å². The van der Waals surface area contributed by atoms with Crippen LogP contribution in [0.15, 0.2) is 0 Å². The normalized spacial score (nSPS) is 34.5. The lowest BCUT2D eigenvalue weighted by molar-refractivity contribution is -0.141. The van der Waals surface area contributed by atoms with Crippen molar-refractivity contribution in [1.29, 1.82) is 0 Å². The fourth-order valence-electron chi connectivity index (χ4n) is 3.12. The number of rotatable bonds is 3. The van der Waals surface area contributed by atoms with Crippen molar-refractivity contribution >= 4 is 12.0 Å². The van der Waals surface area contributed by atoms with Gasteiger partial charge in [-0.05, 0) is 24.7 Å². The van der Waals surface area contributed by atoms with E-state index < -0.39 is 18.1 Å². The highest BCUT2D eigenvalue weighted by Crippen LogP contribution is 2.29. The maximum Gasteiger partial charge on any atom is 0.326 e. The summed E-state index contributed by atoms with van der Waals surface area (Å²) in [5.74, 6) is 0.151. The average molecular weight is 270 g/mol. The molecule has 2 unspecified atom stereocenters. The van der Waals surface area contributed by atoms with Gasteiger partial charge in [-0.2, -0.15) is 0 Å². The minimum atomic E-state index is -1.05. The maximum absolute atomic E-state index is 12.0. The third-order valence-corrected chi connectivity index (χ3v) is 4.17. The molecule has 0 spiro atoms. The molecule has 0 aromatic heterocycles. The Balaban J connectivity index is 1.83. The van der Waals surface area contributed by atoms with Crippen LogP contribution in [-0.2, 0) is 4.79 Å². The molecule has 0 aromatic carbocycles. The number of carboxylic acid groups (broad SMARTS) is 1. The number of carbonyl (C=O) groups excluding carboxylic acids is 1. The Hall–Kier alpha value is -1.30. The summed E-state index contributed by atoms with van der Waals surface area (Å²) < 4.78 is 0. The molecule has 2 aliphatic rings. The minimum Gasteiger partial charge on any atom is -0.480 e. The van der Waals surface area contributed by atoms with E-state index in [9.17, 15) is 14.7 Å². The second-order valence-electron chi connectivity index (χ2n) is 5.87. The van der Waals surface area contributed by atoms with E-state index in [4.69, 9.17) is 5.11 Å². The number of carbonyl (C=O) groups is 2. The summed E-state index contributed by atoms with van der Waals surface area (Å²) >= 11 is 0. The summed E-state index contributed by atoms with van der Waals surface area (Å²) in [6, 6.07) is -1.28. The van der Waals surface area contributed by atoms with Crippen molar-refractivity contribution in [1.82, 2.24) is 10.2 Å². The van der Waals surface area contributed by atoms with E-state index in [1.54, 1.807) is 0 Å². The van der Waals surface area contributed by atoms with Crippen molar-refractivity contribution < 1.29 is 19.8 Å². The standard InChI is InChI=1S/C13H22N2O4/c1-8-2-3-9(4-8)6-14-13(19)15-7-10(16)5-11(15)12(17)18/h8-11,16H,2-7H2,1H3,(H,14,19)(H,17,18)/t8?,9?,10-,11+/m1/s1. The van der Waals surface area contributed by atoms with Crippen molar-refractivity contribution in [3.63, 3.8) is 0 Å². The van der Waals surface area contributed by atoms with Crippen LogP contribution < -0.4 is 5.32 Å². The second kappa shape index (κ2) is 5.77. The first kappa shape index (κ1) is 14.1. The smallest absolute Gasteiger partial charge is 0.326 e. The molecule has 19 heavy (non-hydrogen) atoms. The first-order valence-electron chi connectivity index (χ1n) is 6.92. The van der Waals surface area contributed by atoms with Gasteiger partial charge in [-0.3, -0.25) is 0 Å². The number of amides is 2. The number of hydrogen-bond donors (Lipinski definition) is 3. The fraction of sp³-hybridized carbons (Fsp3) is 0.846. The molecule has 2 rings (SSSR count). The largest absolute Gasteiger partial charge is 0.480 e. The van der Waals surface area contributed by atoms with E-state index in [2.05, 4.69) is 12.2 Å². The van der Waals surface area contributed by atoms with Gasteiger partial charge in [-0.25, -0.2) is 9.59 Å². The minimum absolute atomic E-state index is 0.101. The van der Waals surface area contributed by atoms with E-state index in [1.165, 1.54) is 11.3 Å². The number of nitrogens with zero attached hydrogens (tertiary/aromatic N) is 1. The Morgan fingerprint density at radius 3 is 2.63 bits per heavy atom. The maximum atomic E-state index is 12.0. The van der Waals surface area contributed by atoms with Crippen LogP contribution in [0.5, 0.6) is 0 Å². The predicted octanol–water partition coefficient (Wildman–Crippen LogP) is 0.652. The summed E-state index contributed by atoms with van der Waals surface area (Å²) in [5, 5.41) is 21.3. The summed E-state index contributed by atoms with van der Waals surface area (Å²) in [4.78, 5) is 24.2. The predicted molar refractivity (Wildman–Crippen MR) is 68.7 cm³/mol. The fourth-order valence-corrected chi connectivity index (χ4v) is 3.12. The number of aliphatic carboxylic acids is 1. The number of hydrogen-bond acceptors (Lipinski definition) is 3. The first-order chi connectivity index (χ1) is 8.97. The van der Waals surface area contributed by atoms with Crippen LogP contribution in [0.2, 0.25) is 0 Å². The highest BCUT2D eigenvalue weighted by molar-refractivity contribution is 5.83. The lowest BCUT2D eigenvalue weighted by atomic mass is 10.1. The zero-order valence-electron chi connectivity index (χ0n) is 11.2. The van der Waals surface area contributed by atoms with E-state index in [0.29, 0.717) is 18.4 Å². The molecule has 4 atom stereocenters. The molecule has 1 heterocycles. The molecule has 0 bridgehead atoms. The highest BCUT2D eigenvalue weighted by Gasteiger charge is 2.39. The van der Waals surface area contributed by atoms with Crippen molar-refractivity contribution in [2.45, 2.75) is 44.8 Å². The molecule has 0 radical (unpaired) electrons. The molecular formula is C13H22N2O4. The van der Waals surface area contributed by atoms with Gasteiger partial charge in [0, 0.05) is 19.5 Å². The van der Waals surface area contributed by atoms with Gasteiger partial charge in [-0.15, -0.1) is 0 Å². The summed E-state index contributed by atoms with van der Waals surface area (Å²) in [7, 11) is 0. The third kappa shape index (κ3) is 3.37. The van der Waals surface area contributed by atoms with Crippen LogP contribution in [0.4, 0.5) is 4.79 Å². The van der Waals surface area contributed by atoms with Gasteiger partial charge >= 0.3 is 12.0 Å². The Kier molecular flexibility index (Phi) is 4.29. The van der Waals surface area contributed by atoms with E-state index in [0.717, 1.165) is 12.8 Å². The lowest BCUT2D eigenvalue weighted by Gasteiger charge is -2.22. The average Bonchev–Trinajstić information content (AvgIpc) is 2.92. The van der Waals surface area contributed by atoms with Gasteiger partial charge in [0.1, 0.15) is 6.04 Å². The Labute approximate surface area is 112 Å². The molecule has 2 fully saturated rings. The Morgan fingerprint density at radius 1 is 1.32 bits per heavy atom. The van der Waals surface area contributed by atoms with Crippen molar-refractivity contribution in [3.05, 3.63) is 0 Å². The zero-order valence-corrected chi connectivity index (χ0v) is 11.2. The molecule has 1 saturated carbocycles. The monoisotopic (exact) mass is 270 g/mol. The van der Waals surface area contributed by atoms with E-state index in [1.807, 2.05) is 0 Å². The number of aliphatic hydroxyl groups excluding tert-OH is 1. The Morgan fingerprint density at radius 2 is 2.05 bits per heavy atom. The van der Waals surface area contributed by atoms with Crippen molar-refractivity contribution in [3.8, 4) is 0 Å². The molecule has 1 aliphatic carbocycles. The number of likely N-dealkylation sites (tertiary alicyclic amines) is 1. The van der Waals surface area contributed by atoms with Crippen molar-refractivity contribution in [2.24, 2.45) is 11.8 Å². The number of urea groups is 1. The van der Waals surface area contributed by atoms with Gasteiger partial charge in [0.15, 0.2) is 0 Å². The third-order valence-electron chi connectivity index (χ3n) is 4.17. The van der Waals surface area contributed by atoms with Crippen molar-refractivity contribution in [2.75, 3.05) is 13.1 Å². The van der Waals surface area contributed by atoms with E-state index in [-0.39, 0.29) is 19.0 Å². The van der Waals surface area contributed by atoms with Gasteiger partial charge in [-0.1, -0.05) is 13.3 Å². The van der Waals surface area contributed by atoms with Gasteiger partial charge < -0.3 is 20.4 Å². The quantitative estimate of drug-likeness (QED) is 0.702.